The molecule has 33 heavy (non-hydrogen) atoms. The molecular formula is C23H35N5O5. The maximum absolute atomic E-state index is 12.8. The summed E-state index contributed by atoms with van der Waals surface area (Å²) < 4.78 is 0. The predicted molar refractivity (Wildman–Crippen MR) is 123 cm³/mol. The van der Waals surface area contributed by atoms with E-state index in [9.17, 15) is 24.3 Å². The maximum atomic E-state index is 12.8. The third kappa shape index (κ3) is 8.82. The molecule has 2 rings (SSSR count). The zero-order chi connectivity index (χ0) is 24.2. The molecule has 182 valence electrons. The summed E-state index contributed by atoms with van der Waals surface area (Å²) in [5.74, 6) is -2.51. The molecule has 7 N–H and O–H groups in total. The molecule has 0 aliphatic carbocycles. The first-order chi connectivity index (χ1) is 15.8. The number of unbranched alkanes of at least 4 members (excludes halogenated alkanes) is 1. The Morgan fingerprint density at radius 1 is 1.06 bits per heavy atom. The molecule has 0 spiro atoms. The number of amides is 3. The van der Waals surface area contributed by atoms with Gasteiger partial charge in [0.2, 0.25) is 17.7 Å². The first kappa shape index (κ1) is 26.3. The van der Waals surface area contributed by atoms with Gasteiger partial charge in [0, 0.05) is 6.42 Å². The number of rotatable bonds is 13. The SMILES string of the molecule is CC(NC(=O)C(CCCCN)NC(=O)C1CCCN1)C(=O)NC(Cc1ccccc1)C(=O)O. The van der Waals surface area contributed by atoms with Crippen molar-refractivity contribution >= 4 is 23.7 Å². The normalized spacial score (nSPS) is 18.1. The van der Waals surface area contributed by atoms with Crippen molar-refractivity contribution < 1.29 is 24.3 Å². The number of nitrogens with one attached hydrogen (secondary N) is 4. The number of carboxylic acid groups (broad SMARTS) is 1. The molecule has 1 aromatic rings. The van der Waals surface area contributed by atoms with Gasteiger partial charge in [0.1, 0.15) is 18.1 Å². The lowest BCUT2D eigenvalue weighted by molar-refractivity contribution is -0.142. The summed E-state index contributed by atoms with van der Waals surface area (Å²) in [7, 11) is 0. The Bertz CT molecular complexity index is 798. The minimum atomic E-state index is -1.17. The Hall–Kier alpha value is -2.98. The molecule has 0 bridgehead atoms. The molecule has 1 aromatic carbocycles. The molecule has 0 aromatic heterocycles. The largest absolute Gasteiger partial charge is 0.480 e. The Labute approximate surface area is 194 Å². The Kier molecular flexibility index (Phi) is 10.8. The molecule has 1 saturated heterocycles. The van der Waals surface area contributed by atoms with Gasteiger partial charge in [0.05, 0.1) is 6.04 Å². The van der Waals surface area contributed by atoms with Crippen LogP contribution in [0.3, 0.4) is 0 Å². The van der Waals surface area contributed by atoms with E-state index in [1.807, 2.05) is 6.07 Å². The Balaban J connectivity index is 1.95. The van der Waals surface area contributed by atoms with Crippen molar-refractivity contribution in [1.82, 2.24) is 21.3 Å². The van der Waals surface area contributed by atoms with Crippen LogP contribution in [0.15, 0.2) is 30.3 Å². The van der Waals surface area contributed by atoms with E-state index in [1.165, 1.54) is 6.92 Å². The zero-order valence-corrected chi connectivity index (χ0v) is 19.0. The highest BCUT2D eigenvalue weighted by atomic mass is 16.4. The van der Waals surface area contributed by atoms with E-state index in [4.69, 9.17) is 5.73 Å². The van der Waals surface area contributed by atoms with Gasteiger partial charge < -0.3 is 32.1 Å². The van der Waals surface area contributed by atoms with Crippen LogP contribution < -0.4 is 27.0 Å². The topological polar surface area (TPSA) is 163 Å². The number of hydrogen-bond acceptors (Lipinski definition) is 6. The lowest BCUT2D eigenvalue weighted by Gasteiger charge is -2.23. The molecule has 3 amide bonds. The van der Waals surface area contributed by atoms with Crippen molar-refractivity contribution in [1.29, 1.82) is 0 Å². The minimum Gasteiger partial charge on any atom is -0.480 e. The number of aliphatic carboxylic acids is 1. The molecule has 4 unspecified atom stereocenters. The van der Waals surface area contributed by atoms with E-state index in [1.54, 1.807) is 24.3 Å². The molecule has 10 nitrogen and oxygen atoms in total. The van der Waals surface area contributed by atoms with Gasteiger partial charge in [-0.15, -0.1) is 0 Å². The van der Waals surface area contributed by atoms with Crippen LogP contribution >= 0.6 is 0 Å². The van der Waals surface area contributed by atoms with Crippen LogP contribution in [0.4, 0.5) is 0 Å². The number of carbonyl (C=O) groups excluding carboxylic acids is 3. The molecular weight excluding hydrogens is 426 g/mol. The molecule has 1 aliphatic rings. The third-order valence-corrected chi connectivity index (χ3v) is 5.61. The van der Waals surface area contributed by atoms with Crippen molar-refractivity contribution in [3.8, 4) is 0 Å². The van der Waals surface area contributed by atoms with Crippen LogP contribution in [0.5, 0.6) is 0 Å². The van der Waals surface area contributed by atoms with Gasteiger partial charge in [-0.05, 0) is 57.7 Å². The number of hydrogen-bond donors (Lipinski definition) is 6. The van der Waals surface area contributed by atoms with Gasteiger partial charge in [0.15, 0.2) is 0 Å². The van der Waals surface area contributed by atoms with Crippen LogP contribution in [0, 0.1) is 0 Å². The van der Waals surface area contributed by atoms with Crippen LogP contribution in [0.1, 0.15) is 44.6 Å². The summed E-state index contributed by atoms with van der Waals surface area (Å²) in [5.41, 5.74) is 6.31. The number of carboxylic acids is 1. The monoisotopic (exact) mass is 461 g/mol. The number of benzene rings is 1. The molecule has 10 heteroatoms. The number of nitrogens with two attached hydrogens (primary N) is 1. The van der Waals surface area contributed by atoms with E-state index < -0.39 is 35.9 Å². The first-order valence-corrected chi connectivity index (χ1v) is 11.4. The van der Waals surface area contributed by atoms with Crippen molar-refractivity contribution in [3.05, 3.63) is 35.9 Å². The van der Waals surface area contributed by atoms with E-state index >= 15 is 0 Å². The van der Waals surface area contributed by atoms with Gasteiger partial charge in [-0.3, -0.25) is 14.4 Å². The molecule has 1 aliphatic heterocycles. The van der Waals surface area contributed by atoms with Crippen LogP contribution in [-0.2, 0) is 25.6 Å². The fourth-order valence-corrected chi connectivity index (χ4v) is 3.67. The molecule has 4 atom stereocenters. The predicted octanol–water partition coefficient (Wildman–Crippen LogP) is -0.331. The summed E-state index contributed by atoms with van der Waals surface area (Å²) in [5, 5.41) is 20.4. The fraction of sp³-hybridized carbons (Fsp3) is 0.565. The Morgan fingerprint density at radius 2 is 1.79 bits per heavy atom. The third-order valence-electron chi connectivity index (χ3n) is 5.61. The molecule has 1 fully saturated rings. The van der Waals surface area contributed by atoms with Crippen molar-refractivity contribution in [3.63, 3.8) is 0 Å². The fourth-order valence-electron chi connectivity index (χ4n) is 3.67. The van der Waals surface area contributed by atoms with Crippen LogP contribution in [-0.4, -0.2) is 66.1 Å². The summed E-state index contributed by atoms with van der Waals surface area (Å²) in [6, 6.07) is 5.72. The van der Waals surface area contributed by atoms with Crippen molar-refractivity contribution in [2.75, 3.05) is 13.1 Å². The standard InChI is InChI=1S/C23H35N5O5/c1-15(20(29)28-19(23(32)33)14-16-8-3-2-4-9-16)26-22(31)18(10-5-6-12-24)27-21(30)17-11-7-13-25-17/h2-4,8-9,15,17-19,25H,5-7,10-14,24H2,1H3,(H,26,31)(H,27,30)(H,28,29)(H,32,33). The molecule has 0 saturated carbocycles. The van der Waals surface area contributed by atoms with Gasteiger partial charge >= 0.3 is 5.97 Å². The quantitative estimate of drug-likeness (QED) is 0.219. The lowest BCUT2D eigenvalue weighted by atomic mass is 10.1. The van der Waals surface area contributed by atoms with Gasteiger partial charge in [-0.1, -0.05) is 30.3 Å². The average molecular weight is 462 g/mol. The van der Waals surface area contributed by atoms with Gasteiger partial charge in [-0.2, -0.15) is 0 Å². The van der Waals surface area contributed by atoms with E-state index in [0.29, 0.717) is 32.2 Å². The lowest BCUT2D eigenvalue weighted by Crippen LogP contribution is -2.56. The van der Waals surface area contributed by atoms with Crippen LogP contribution in [0.25, 0.3) is 0 Å². The van der Waals surface area contributed by atoms with Crippen LogP contribution in [0.2, 0.25) is 0 Å². The highest BCUT2D eigenvalue weighted by Crippen LogP contribution is 2.08. The van der Waals surface area contributed by atoms with Gasteiger partial charge in [0.25, 0.3) is 0 Å². The summed E-state index contributed by atoms with van der Waals surface area (Å²) in [6.07, 6.45) is 3.46. The van der Waals surface area contributed by atoms with E-state index in [2.05, 4.69) is 21.3 Å². The highest BCUT2D eigenvalue weighted by Gasteiger charge is 2.29. The smallest absolute Gasteiger partial charge is 0.326 e. The maximum Gasteiger partial charge on any atom is 0.326 e. The van der Waals surface area contributed by atoms with Crippen molar-refractivity contribution in [2.45, 2.75) is 69.6 Å². The average Bonchev–Trinajstić information content (AvgIpc) is 3.33. The van der Waals surface area contributed by atoms with E-state index in [-0.39, 0.29) is 18.4 Å². The second kappa shape index (κ2) is 13.5. The number of carbonyl (C=O) groups is 4. The van der Waals surface area contributed by atoms with E-state index in [0.717, 1.165) is 18.5 Å². The second-order valence-corrected chi connectivity index (χ2v) is 8.31. The zero-order valence-electron chi connectivity index (χ0n) is 19.0. The molecule has 0 radical (unpaired) electrons. The van der Waals surface area contributed by atoms with Gasteiger partial charge in [-0.25, -0.2) is 4.79 Å². The summed E-state index contributed by atoms with van der Waals surface area (Å²) in [4.78, 5) is 49.5. The minimum absolute atomic E-state index is 0.120. The Morgan fingerprint density at radius 3 is 2.39 bits per heavy atom. The first-order valence-electron chi connectivity index (χ1n) is 11.4. The second-order valence-electron chi connectivity index (χ2n) is 8.31. The summed E-state index contributed by atoms with van der Waals surface area (Å²) >= 11 is 0. The highest BCUT2D eigenvalue weighted by molar-refractivity contribution is 5.94. The summed E-state index contributed by atoms with van der Waals surface area (Å²) in [6.45, 7) is 2.71. The van der Waals surface area contributed by atoms with Crippen molar-refractivity contribution in [2.24, 2.45) is 5.73 Å². The molecule has 1 heterocycles.